The van der Waals surface area contributed by atoms with Crippen LogP contribution in [0.4, 0.5) is 4.79 Å². The molecule has 5 nitrogen and oxygen atoms in total. The smallest absolute Gasteiger partial charge is 0.416 e. The van der Waals surface area contributed by atoms with E-state index in [2.05, 4.69) is 15.0 Å². The number of hydrogen-bond acceptors (Lipinski definition) is 4. The van der Waals surface area contributed by atoms with Crippen molar-refractivity contribution >= 4 is 35.1 Å². The van der Waals surface area contributed by atoms with Gasteiger partial charge in [-0.05, 0) is 19.3 Å². The van der Waals surface area contributed by atoms with Crippen molar-refractivity contribution in [3.63, 3.8) is 0 Å². The molecule has 0 atom stereocenters. The van der Waals surface area contributed by atoms with Gasteiger partial charge in [0.1, 0.15) is 0 Å². The second-order valence-electron chi connectivity index (χ2n) is 2.72. The van der Waals surface area contributed by atoms with Gasteiger partial charge in [-0.3, -0.25) is 0 Å². The van der Waals surface area contributed by atoms with E-state index in [0.29, 0.717) is 13.2 Å². The molecule has 0 bridgehead atoms. The molecule has 1 amide bonds. The molecule has 0 heterocycles. The van der Waals surface area contributed by atoms with Gasteiger partial charge in [-0.1, -0.05) is 6.58 Å². The Hall–Kier alpha value is -0.790. The van der Waals surface area contributed by atoms with Crippen LogP contribution < -0.4 is 5.32 Å². The average molecular weight is 327 g/mol. The third-order valence-corrected chi connectivity index (χ3v) is 1.97. The monoisotopic (exact) mass is 327 g/mol. The van der Waals surface area contributed by atoms with Crippen LogP contribution in [0.1, 0.15) is 19.3 Å². The molecule has 0 spiro atoms. The molecule has 1 N–H and O–H groups in total. The van der Waals surface area contributed by atoms with Crippen LogP contribution in [-0.4, -0.2) is 25.2 Å². The summed E-state index contributed by atoms with van der Waals surface area (Å²) in [6, 6.07) is 0. The molecule has 0 saturated carbocycles. The minimum absolute atomic E-state index is 0.390. The molecule has 0 aliphatic carbocycles. The Balaban J connectivity index is 3.15. The zero-order valence-corrected chi connectivity index (χ0v) is 10.5. The molecule has 15 heavy (non-hydrogen) atoms. The van der Waals surface area contributed by atoms with Gasteiger partial charge < -0.3 is 13.1 Å². The van der Waals surface area contributed by atoms with Gasteiger partial charge in [0.2, 0.25) is 0 Å². The zero-order valence-electron chi connectivity index (χ0n) is 8.33. The van der Waals surface area contributed by atoms with Gasteiger partial charge in [0.15, 0.2) is 23.0 Å². The maximum absolute atomic E-state index is 10.6. The van der Waals surface area contributed by atoms with Gasteiger partial charge in [-0.2, -0.15) is 0 Å². The Morgan fingerprint density at radius 2 is 2.07 bits per heavy atom. The number of carbonyl (C=O) groups is 2. The van der Waals surface area contributed by atoms with Crippen molar-refractivity contribution in [2.24, 2.45) is 0 Å². The first-order chi connectivity index (χ1) is 7.20. The Morgan fingerprint density at radius 1 is 1.33 bits per heavy atom. The van der Waals surface area contributed by atoms with Crippen LogP contribution >= 0.6 is 23.0 Å². The third-order valence-electron chi connectivity index (χ3n) is 1.57. The molecule has 0 fully saturated rings. The van der Waals surface area contributed by atoms with Crippen LogP contribution in [0.15, 0.2) is 12.7 Å². The van der Waals surface area contributed by atoms with Gasteiger partial charge in [-0.25, -0.2) is 9.59 Å². The number of nitrogens with one attached hydrogen (secondary N) is 1. The van der Waals surface area contributed by atoms with Crippen LogP contribution in [0, 0.1) is 0 Å². The highest BCUT2D eigenvalue weighted by atomic mass is 127. The predicted molar refractivity (Wildman–Crippen MR) is 63.5 cm³/mol. The second-order valence-corrected chi connectivity index (χ2v) is 3.16. The molecule has 0 rings (SSSR count). The van der Waals surface area contributed by atoms with Gasteiger partial charge in [0.05, 0.1) is 6.61 Å². The fourth-order valence-corrected chi connectivity index (χ4v) is 1.01. The lowest BCUT2D eigenvalue weighted by Gasteiger charge is -2.03. The molecule has 6 heteroatoms. The number of unbranched alkanes of at least 4 members (excludes halogenated alkanes) is 2. The molecular formula is C9H14INO4. The lowest BCUT2D eigenvalue weighted by atomic mass is 10.2. The molecule has 0 radical (unpaired) electrons. The minimum atomic E-state index is -0.436. The van der Waals surface area contributed by atoms with Crippen molar-refractivity contribution < 1.29 is 17.4 Å². The highest BCUT2D eigenvalue weighted by Crippen LogP contribution is 1.96. The SMILES string of the molecule is C=CC(=O)OCCCCCNC(=O)OI. The van der Waals surface area contributed by atoms with Crippen molar-refractivity contribution in [1.29, 1.82) is 0 Å². The predicted octanol–water partition coefficient (Wildman–Crippen LogP) is 1.96. The molecule has 0 aliphatic heterocycles. The van der Waals surface area contributed by atoms with E-state index in [1.165, 1.54) is 23.0 Å². The summed E-state index contributed by atoms with van der Waals surface area (Å²) in [7, 11) is 0. The fraction of sp³-hybridized carbons (Fsp3) is 0.556. The molecule has 0 aromatic carbocycles. The Kier molecular flexibility index (Phi) is 9.24. The normalized spacial score (nSPS) is 9.13. The number of carbonyl (C=O) groups excluding carboxylic acids is 2. The Bertz CT molecular complexity index is 220. The molecular weight excluding hydrogens is 313 g/mol. The largest absolute Gasteiger partial charge is 0.463 e. The van der Waals surface area contributed by atoms with Gasteiger partial charge in [0.25, 0.3) is 0 Å². The van der Waals surface area contributed by atoms with Gasteiger partial charge in [0, 0.05) is 12.6 Å². The molecule has 86 valence electrons. The second kappa shape index (κ2) is 9.75. The maximum Gasteiger partial charge on any atom is 0.416 e. The van der Waals surface area contributed by atoms with Gasteiger partial charge in [-0.15, -0.1) is 0 Å². The number of ether oxygens (including phenoxy) is 1. The average Bonchev–Trinajstić information content (AvgIpc) is 2.26. The Morgan fingerprint density at radius 3 is 2.67 bits per heavy atom. The molecule has 0 aromatic rings. The van der Waals surface area contributed by atoms with Crippen molar-refractivity contribution in [2.45, 2.75) is 19.3 Å². The summed E-state index contributed by atoms with van der Waals surface area (Å²) in [5, 5.41) is 2.55. The van der Waals surface area contributed by atoms with E-state index >= 15 is 0 Å². The van der Waals surface area contributed by atoms with Crippen LogP contribution in [0.3, 0.4) is 0 Å². The third kappa shape index (κ3) is 9.51. The molecule has 0 saturated heterocycles. The number of hydrogen-bond donors (Lipinski definition) is 1. The zero-order chi connectivity index (χ0) is 11.5. The van der Waals surface area contributed by atoms with E-state index in [-0.39, 0.29) is 0 Å². The minimum Gasteiger partial charge on any atom is -0.463 e. The van der Waals surface area contributed by atoms with Gasteiger partial charge >= 0.3 is 12.1 Å². The lowest BCUT2D eigenvalue weighted by Crippen LogP contribution is -2.22. The van der Waals surface area contributed by atoms with Crippen LogP contribution in [-0.2, 0) is 12.6 Å². The van der Waals surface area contributed by atoms with Crippen molar-refractivity contribution in [3.8, 4) is 0 Å². The lowest BCUT2D eigenvalue weighted by molar-refractivity contribution is -0.137. The first-order valence-electron chi connectivity index (χ1n) is 4.56. The maximum atomic E-state index is 10.6. The summed E-state index contributed by atoms with van der Waals surface area (Å²) >= 11 is 1.52. The summed E-state index contributed by atoms with van der Waals surface area (Å²) in [6.45, 7) is 4.24. The van der Waals surface area contributed by atoms with E-state index in [1.807, 2.05) is 0 Å². The van der Waals surface area contributed by atoms with Crippen molar-refractivity contribution in [2.75, 3.05) is 13.2 Å². The molecule has 0 unspecified atom stereocenters. The van der Waals surface area contributed by atoms with Crippen LogP contribution in [0.5, 0.6) is 0 Å². The fourth-order valence-electron chi connectivity index (χ4n) is 0.853. The standard InChI is InChI=1S/C9H14INO4/c1-2-8(12)14-7-5-3-4-6-11-9(13)15-10/h2H,1,3-7H2,(H,11,13). The number of halogens is 1. The number of rotatable bonds is 7. The van der Waals surface area contributed by atoms with Crippen molar-refractivity contribution in [3.05, 3.63) is 12.7 Å². The summed E-state index contributed by atoms with van der Waals surface area (Å²) in [5.74, 6) is -0.401. The first kappa shape index (κ1) is 14.2. The first-order valence-corrected chi connectivity index (χ1v) is 5.44. The highest BCUT2D eigenvalue weighted by Gasteiger charge is 1.98. The quantitative estimate of drug-likeness (QED) is 0.336. The van der Waals surface area contributed by atoms with E-state index in [0.717, 1.165) is 25.3 Å². The van der Waals surface area contributed by atoms with E-state index < -0.39 is 12.1 Å². The topological polar surface area (TPSA) is 64.6 Å². The summed E-state index contributed by atoms with van der Waals surface area (Å²) < 4.78 is 9.13. The number of esters is 1. The summed E-state index contributed by atoms with van der Waals surface area (Å²) in [6.07, 6.45) is 3.19. The number of amides is 1. The molecule has 0 aromatic heterocycles. The molecule has 0 aliphatic rings. The van der Waals surface area contributed by atoms with Crippen LogP contribution in [0.25, 0.3) is 0 Å². The summed E-state index contributed by atoms with van der Waals surface area (Å²) in [4.78, 5) is 21.2. The Labute approximate surface area is 103 Å². The van der Waals surface area contributed by atoms with E-state index in [1.54, 1.807) is 0 Å². The highest BCUT2D eigenvalue weighted by molar-refractivity contribution is 14.1. The van der Waals surface area contributed by atoms with E-state index in [4.69, 9.17) is 4.74 Å². The summed E-state index contributed by atoms with van der Waals surface area (Å²) in [5.41, 5.74) is 0. The van der Waals surface area contributed by atoms with Crippen LogP contribution in [0.2, 0.25) is 0 Å². The van der Waals surface area contributed by atoms with Crippen molar-refractivity contribution in [1.82, 2.24) is 5.32 Å². The van der Waals surface area contributed by atoms with E-state index in [9.17, 15) is 9.59 Å².